The van der Waals surface area contributed by atoms with Crippen LogP contribution in [0.25, 0.3) is 9.40 Å². The molecule has 0 aromatic carbocycles. The Labute approximate surface area is 353 Å². The maximum Gasteiger partial charge on any atom is 0.414 e. The van der Waals surface area contributed by atoms with Crippen LogP contribution in [0.4, 0.5) is 21.0 Å². The highest BCUT2D eigenvalue weighted by Crippen LogP contribution is 2.45. The molecule has 8 heteroatoms. The fourth-order valence-corrected chi connectivity index (χ4v) is 10.1. The van der Waals surface area contributed by atoms with Crippen LogP contribution < -0.4 is 9.80 Å². The van der Waals surface area contributed by atoms with E-state index in [-0.39, 0.29) is 12.2 Å². The van der Waals surface area contributed by atoms with Gasteiger partial charge in [0.2, 0.25) is 0 Å². The van der Waals surface area contributed by atoms with Crippen molar-refractivity contribution in [2.24, 2.45) is 11.8 Å². The van der Waals surface area contributed by atoms with E-state index in [4.69, 9.17) is 9.47 Å². The highest BCUT2D eigenvalue weighted by molar-refractivity contribution is 7.28. The SMILES string of the molecule is CCCCCCCCC(CCCCCC)CN(C(=O)OC(C)(C)C)c1csc2c(N(CC(CCCCCC)CCCCCCCC)C(=O)OC(C)(C)C)csc12. The zero-order valence-electron chi connectivity index (χ0n) is 38.0. The lowest BCUT2D eigenvalue weighted by atomic mass is 9.93. The van der Waals surface area contributed by atoms with Gasteiger partial charge in [-0.2, -0.15) is 0 Å². The van der Waals surface area contributed by atoms with Crippen molar-refractivity contribution in [1.29, 1.82) is 0 Å². The maximum atomic E-state index is 14.2. The third-order valence-electron chi connectivity index (χ3n) is 10.8. The van der Waals surface area contributed by atoms with Crippen molar-refractivity contribution in [3.8, 4) is 0 Å². The van der Waals surface area contributed by atoms with Crippen LogP contribution in [0.2, 0.25) is 0 Å². The molecule has 2 atom stereocenters. The molecular weight excluding hydrogens is 733 g/mol. The van der Waals surface area contributed by atoms with Gasteiger partial charge in [-0.1, -0.05) is 156 Å². The number of hydrogen-bond donors (Lipinski definition) is 0. The number of amides is 2. The zero-order chi connectivity index (χ0) is 41.4. The second-order valence-electron chi connectivity index (χ2n) is 18.6. The third kappa shape index (κ3) is 20.3. The summed E-state index contributed by atoms with van der Waals surface area (Å²) in [5.74, 6) is 0.822. The molecular formula is C48H86N2O4S2. The first-order valence-electron chi connectivity index (χ1n) is 23.2. The Balaban J connectivity index is 2.50. The average molecular weight is 819 g/mol. The molecule has 56 heavy (non-hydrogen) atoms. The second-order valence-corrected chi connectivity index (χ2v) is 20.4. The minimum absolute atomic E-state index is 0.274. The molecule has 0 aliphatic rings. The molecule has 0 saturated heterocycles. The molecule has 0 radical (unpaired) electrons. The van der Waals surface area contributed by atoms with Crippen LogP contribution in [0.5, 0.6) is 0 Å². The van der Waals surface area contributed by atoms with E-state index in [2.05, 4.69) is 38.5 Å². The highest BCUT2D eigenvalue weighted by atomic mass is 32.1. The number of anilines is 2. The molecule has 0 fully saturated rings. The van der Waals surface area contributed by atoms with Crippen LogP contribution in [0, 0.1) is 11.8 Å². The first-order chi connectivity index (χ1) is 26.7. The lowest BCUT2D eigenvalue weighted by Gasteiger charge is -2.30. The van der Waals surface area contributed by atoms with Gasteiger partial charge >= 0.3 is 12.2 Å². The van der Waals surface area contributed by atoms with Crippen molar-refractivity contribution in [3.05, 3.63) is 10.8 Å². The van der Waals surface area contributed by atoms with E-state index >= 15 is 0 Å². The van der Waals surface area contributed by atoms with Crippen LogP contribution in [-0.4, -0.2) is 36.5 Å². The molecule has 2 unspecified atom stereocenters. The predicted octanol–water partition coefficient (Wildman–Crippen LogP) is 17.1. The minimum atomic E-state index is -0.601. The number of thiophene rings is 2. The number of ether oxygens (including phenoxy) is 2. The van der Waals surface area contributed by atoms with Crippen LogP contribution in [0.1, 0.15) is 223 Å². The quantitative estimate of drug-likeness (QED) is 0.0737. The van der Waals surface area contributed by atoms with Crippen molar-refractivity contribution >= 4 is 55.6 Å². The number of hydrogen-bond acceptors (Lipinski definition) is 6. The van der Waals surface area contributed by atoms with Crippen LogP contribution in [-0.2, 0) is 9.47 Å². The molecule has 2 heterocycles. The number of carbonyl (C=O) groups excluding carboxylic acids is 2. The molecule has 2 aromatic heterocycles. The molecule has 2 aromatic rings. The van der Waals surface area contributed by atoms with E-state index in [0.717, 1.165) is 46.5 Å². The van der Waals surface area contributed by atoms with Crippen molar-refractivity contribution in [1.82, 2.24) is 0 Å². The Morgan fingerprint density at radius 2 is 0.750 bits per heavy atom. The van der Waals surface area contributed by atoms with E-state index < -0.39 is 11.2 Å². The standard InChI is InChI=1S/C48H86N2O4S2/c1-11-15-19-23-25-29-33-39(31-27-21-17-13-3)35-49(45(51)53-47(5,6)7)41-37-55-44-42(38-56-43(41)44)50(46(52)54-48(8,9)10)36-40(32-28-22-18-14-4)34-30-26-24-20-16-12-2/h37-40H,11-36H2,1-10H3. The summed E-state index contributed by atoms with van der Waals surface area (Å²) in [6.07, 6.45) is 29.1. The lowest BCUT2D eigenvalue weighted by Crippen LogP contribution is -2.40. The molecule has 0 N–H and O–H groups in total. The minimum Gasteiger partial charge on any atom is -0.443 e. The summed E-state index contributed by atoms with van der Waals surface area (Å²) in [6.45, 7) is 22.1. The van der Waals surface area contributed by atoms with Gasteiger partial charge in [-0.25, -0.2) is 9.59 Å². The Bertz CT molecular complexity index is 1220. The summed E-state index contributed by atoms with van der Waals surface area (Å²) >= 11 is 3.29. The summed E-state index contributed by atoms with van der Waals surface area (Å²) in [4.78, 5) is 32.2. The van der Waals surface area contributed by atoms with Gasteiger partial charge in [0, 0.05) is 23.8 Å². The molecule has 6 nitrogen and oxygen atoms in total. The predicted molar refractivity (Wildman–Crippen MR) is 247 cm³/mol. The molecule has 0 bridgehead atoms. The number of nitrogens with zero attached hydrogens (tertiary/aromatic N) is 2. The highest BCUT2D eigenvalue weighted by Gasteiger charge is 2.32. The van der Waals surface area contributed by atoms with Gasteiger partial charge in [0.15, 0.2) is 0 Å². The van der Waals surface area contributed by atoms with E-state index in [0.29, 0.717) is 24.9 Å². The van der Waals surface area contributed by atoms with Gasteiger partial charge in [0.05, 0.1) is 20.8 Å². The summed E-state index contributed by atoms with van der Waals surface area (Å²) < 4.78 is 14.4. The van der Waals surface area contributed by atoms with Crippen molar-refractivity contribution < 1.29 is 19.1 Å². The number of carbonyl (C=O) groups is 2. The van der Waals surface area contributed by atoms with Gasteiger partial charge < -0.3 is 9.47 Å². The second kappa shape index (κ2) is 27.8. The van der Waals surface area contributed by atoms with E-state index in [1.165, 1.54) is 128 Å². The molecule has 324 valence electrons. The fourth-order valence-electron chi connectivity index (χ4n) is 7.66. The largest absolute Gasteiger partial charge is 0.443 e. The van der Waals surface area contributed by atoms with Gasteiger partial charge in [-0.05, 0) is 79.1 Å². The lowest BCUT2D eigenvalue weighted by molar-refractivity contribution is 0.0562. The van der Waals surface area contributed by atoms with Gasteiger partial charge in [0.25, 0.3) is 0 Å². The molecule has 2 rings (SSSR count). The third-order valence-corrected chi connectivity index (χ3v) is 12.9. The van der Waals surface area contributed by atoms with Crippen molar-refractivity contribution in [2.45, 2.75) is 235 Å². The average Bonchev–Trinajstić information content (AvgIpc) is 3.73. The Morgan fingerprint density at radius 3 is 1.04 bits per heavy atom. The van der Waals surface area contributed by atoms with E-state index in [9.17, 15) is 9.59 Å². The summed E-state index contributed by atoms with van der Waals surface area (Å²) in [6, 6.07) is 0. The first kappa shape index (κ1) is 50.3. The molecule has 2 amide bonds. The smallest absolute Gasteiger partial charge is 0.414 e. The summed E-state index contributed by atoms with van der Waals surface area (Å²) in [7, 11) is 0. The number of unbranched alkanes of at least 4 members (excludes halogenated alkanes) is 16. The Hall–Kier alpha value is -1.80. The van der Waals surface area contributed by atoms with Crippen LogP contribution >= 0.6 is 22.7 Å². The Kier molecular flexibility index (Phi) is 25.0. The summed E-state index contributed by atoms with van der Waals surface area (Å²) in [5, 5.41) is 4.28. The Morgan fingerprint density at radius 1 is 0.482 bits per heavy atom. The monoisotopic (exact) mass is 819 g/mol. The summed E-state index contributed by atoms with van der Waals surface area (Å²) in [5.41, 5.74) is 0.640. The molecule has 0 aliphatic carbocycles. The number of rotatable bonds is 30. The van der Waals surface area contributed by atoms with E-state index in [1.54, 1.807) is 22.7 Å². The van der Waals surface area contributed by atoms with Gasteiger partial charge in [-0.3, -0.25) is 9.80 Å². The van der Waals surface area contributed by atoms with Crippen molar-refractivity contribution in [2.75, 3.05) is 22.9 Å². The fraction of sp³-hybridized carbons (Fsp3) is 0.833. The first-order valence-corrected chi connectivity index (χ1v) is 25.0. The maximum absolute atomic E-state index is 14.2. The molecule has 0 saturated carbocycles. The van der Waals surface area contributed by atoms with Crippen LogP contribution in [0.15, 0.2) is 10.8 Å². The van der Waals surface area contributed by atoms with Gasteiger partial charge in [-0.15, -0.1) is 22.7 Å². The molecule has 0 aliphatic heterocycles. The van der Waals surface area contributed by atoms with Crippen LogP contribution in [0.3, 0.4) is 0 Å². The topological polar surface area (TPSA) is 59.1 Å². The molecule has 0 spiro atoms. The van der Waals surface area contributed by atoms with Gasteiger partial charge in [0.1, 0.15) is 11.2 Å². The number of fused-ring (bicyclic) bond motifs is 1. The van der Waals surface area contributed by atoms with Crippen molar-refractivity contribution in [3.63, 3.8) is 0 Å². The normalized spacial score (nSPS) is 13.2. The zero-order valence-corrected chi connectivity index (χ0v) is 39.7. The van der Waals surface area contributed by atoms with E-state index in [1.807, 2.05) is 51.3 Å².